The van der Waals surface area contributed by atoms with Crippen molar-refractivity contribution in [3.63, 3.8) is 0 Å². The maximum Gasteiger partial charge on any atom is 0.266 e. The van der Waals surface area contributed by atoms with E-state index in [0.29, 0.717) is 15.8 Å². The van der Waals surface area contributed by atoms with Crippen molar-refractivity contribution in [1.82, 2.24) is 4.98 Å². The Morgan fingerprint density at radius 3 is 2.57 bits per heavy atom. The molecule has 21 heavy (non-hydrogen) atoms. The zero-order valence-corrected chi connectivity index (χ0v) is 13.6. The lowest BCUT2D eigenvalue weighted by molar-refractivity contribution is 0.467. The minimum atomic E-state index is -0.284. The second-order valence-electron chi connectivity index (χ2n) is 4.74. The number of rotatable bonds is 2. The van der Waals surface area contributed by atoms with Gasteiger partial charge in [-0.1, -0.05) is 45.4 Å². The largest absolute Gasteiger partial charge is 0.506 e. The van der Waals surface area contributed by atoms with Crippen LogP contribution < -0.4 is 5.56 Å². The number of benzene rings is 2. The minimum absolute atomic E-state index is 0.0145. The van der Waals surface area contributed by atoms with Gasteiger partial charge in [-0.15, -0.1) is 0 Å². The first kappa shape index (κ1) is 14.2. The van der Waals surface area contributed by atoms with Crippen molar-refractivity contribution in [2.75, 3.05) is 0 Å². The first-order chi connectivity index (χ1) is 10.0. The maximum atomic E-state index is 12.2. The van der Waals surface area contributed by atoms with Crippen LogP contribution in [0, 0.1) is 6.92 Å². The Hall–Kier alpha value is -1.72. The molecule has 0 aliphatic carbocycles. The number of aromatic hydroxyl groups is 1. The third kappa shape index (κ3) is 2.84. The highest BCUT2D eigenvalue weighted by Gasteiger charge is 2.13. The summed E-state index contributed by atoms with van der Waals surface area (Å²) >= 11 is 4.64. The molecule has 0 unspecified atom stereocenters. The lowest BCUT2D eigenvalue weighted by Gasteiger charge is -2.07. The normalized spacial score (nSPS) is 11.0. The van der Waals surface area contributed by atoms with E-state index in [-0.39, 0.29) is 11.3 Å². The summed E-state index contributed by atoms with van der Waals surface area (Å²) in [6.07, 6.45) is 0. The van der Waals surface area contributed by atoms with Crippen LogP contribution in [-0.4, -0.2) is 10.1 Å². The van der Waals surface area contributed by atoms with E-state index in [1.54, 1.807) is 12.1 Å². The van der Waals surface area contributed by atoms with Crippen LogP contribution in [0.25, 0.3) is 10.9 Å². The summed E-state index contributed by atoms with van der Waals surface area (Å²) in [5.74, 6) is 0.0145. The predicted molar refractivity (Wildman–Crippen MR) is 89.2 cm³/mol. The zero-order valence-electron chi connectivity index (χ0n) is 11.2. The van der Waals surface area contributed by atoms with E-state index in [0.717, 1.165) is 14.9 Å². The number of hydrogen-bond donors (Lipinski definition) is 2. The van der Waals surface area contributed by atoms with Crippen LogP contribution in [0.2, 0.25) is 0 Å². The van der Waals surface area contributed by atoms with E-state index in [1.807, 2.05) is 37.3 Å². The summed E-state index contributed by atoms with van der Waals surface area (Å²) in [6, 6.07) is 13.2. The average Bonchev–Trinajstić information content (AvgIpc) is 2.46. The first-order valence-electron chi connectivity index (χ1n) is 6.33. The van der Waals surface area contributed by atoms with Gasteiger partial charge in [0.1, 0.15) is 10.6 Å². The molecule has 1 heterocycles. The van der Waals surface area contributed by atoms with E-state index in [9.17, 15) is 9.90 Å². The van der Waals surface area contributed by atoms with E-state index < -0.39 is 0 Å². The lowest BCUT2D eigenvalue weighted by Crippen LogP contribution is -2.08. The minimum Gasteiger partial charge on any atom is -0.506 e. The third-order valence-electron chi connectivity index (χ3n) is 3.15. The van der Waals surface area contributed by atoms with Crippen LogP contribution in [0.5, 0.6) is 5.75 Å². The second-order valence-corrected chi connectivity index (χ2v) is 6.74. The lowest BCUT2D eigenvalue weighted by atomic mass is 10.2. The fraction of sp³-hybridized carbons (Fsp3) is 0.0625. The molecule has 0 radical (unpaired) electrons. The molecule has 0 saturated heterocycles. The average molecular weight is 362 g/mol. The van der Waals surface area contributed by atoms with Crippen molar-refractivity contribution >= 4 is 38.6 Å². The highest BCUT2D eigenvalue weighted by atomic mass is 79.9. The molecule has 0 bridgehead atoms. The van der Waals surface area contributed by atoms with Gasteiger partial charge in [-0.25, -0.2) is 0 Å². The number of nitrogens with one attached hydrogen (secondary N) is 1. The number of hydrogen-bond acceptors (Lipinski definition) is 3. The van der Waals surface area contributed by atoms with Gasteiger partial charge in [0.2, 0.25) is 0 Å². The zero-order chi connectivity index (χ0) is 15.0. The maximum absolute atomic E-state index is 12.2. The number of aromatic nitrogens is 1. The second kappa shape index (κ2) is 5.58. The molecule has 106 valence electrons. The topological polar surface area (TPSA) is 53.1 Å². The molecule has 3 nitrogen and oxygen atoms in total. The standard InChI is InChI=1S/C16H12BrNO2S/c1-9-2-5-11(6-3-9)21-15-14(19)12-8-10(17)4-7-13(12)18-16(15)20/h2-8H,1H3,(H2,18,19,20). The van der Waals surface area contributed by atoms with E-state index >= 15 is 0 Å². The molecule has 3 aromatic rings. The molecule has 0 aliphatic heterocycles. The monoisotopic (exact) mass is 361 g/mol. The molecule has 0 spiro atoms. The van der Waals surface area contributed by atoms with Crippen LogP contribution in [0.1, 0.15) is 5.56 Å². The molecule has 0 saturated carbocycles. The van der Waals surface area contributed by atoms with Crippen molar-refractivity contribution in [3.8, 4) is 5.75 Å². The molecule has 3 rings (SSSR count). The van der Waals surface area contributed by atoms with Crippen LogP contribution in [0.4, 0.5) is 0 Å². The first-order valence-corrected chi connectivity index (χ1v) is 7.94. The van der Waals surface area contributed by atoms with Crippen molar-refractivity contribution in [2.24, 2.45) is 0 Å². The Morgan fingerprint density at radius 1 is 1.14 bits per heavy atom. The summed E-state index contributed by atoms with van der Waals surface area (Å²) < 4.78 is 0.851. The van der Waals surface area contributed by atoms with E-state index in [1.165, 1.54) is 11.8 Å². The van der Waals surface area contributed by atoms with Crippen LogP contribution >= 0.6 is 27.7 Å². The highest BCUT2D eigenvalue weighted by Crippen LogP contribution is 2.36. The number of aryl methyl sites for hydroxylation is 1. The van der Waals surface area contributed by atoms with Crippen LogP contribution in [0.15, 0.2) is 61.5 Å². The van der Waals surface area contributed by atoms with Crippen molar-refractivity contribution in [2.45, 2.75) is 16.7 Å². The molecule has 1 aromatic heterocycles. The van der Waals surface area contributed by atoms with Crippen LogP contribution in [-0.2, 0) is 0 Å². The smallest absolute Gasteiger partial charge is 0.266 e. The SMILES string of the molecule is Cc1ccc(Sc2c(O)c3cc(Br)ccc3[nH]c2=O)cc1. The van der Waals surface area contributed by atoms with Crippen molar-refractivity contribution in [1.29, 1.82) is 0 Å². The highest BCUT2D eigenvalue weighted by molar-refractivity contribution is 9.10. The van der Waals surface area contributed by atoms with Gasteiger partial charge in [0.15, 0.2) is 0 Å². The number of H-pyrrole nitrogens is 1. The number of aromatic amines is 1. The summed E-state index contributed by atoms with van der Waals surface area (Å²) in [7, 11) is 0. The Morgan fingerprint density at radius 2 is 1.86 bits per heavy atom. The molecular formula is C16H12BrNO2S. The molecular weight excluding hydrogens is 350 g/mol. The summed E-state index contributed by atoms with van der Waals surface area (Å²) in [5.41, 5.74) is 1.49. The predicted octanol–water partition coefficient (Wildman–Crippen LogP) is 4.46. The fourth-order valence-corrected chi connectivity index (χ4v) is 3.27. The summed E-state index contributed by atoms with van der Waals surface area (Å²) in [4.78, 5) is 16.2. The van der Waals surface area contributed by atoms with E-state index in [4.69, 9.17) is 0 Å². The molecule has 0 atom stereocenters. The fourth-order valence-electron chi connectivity index (χ4n) is 2.05. The van der Waals surface area contributed by atoms with Gasteiger partial charge in [0.25, 0.3) is 5.56 Å². The van der Waals surface area contributed by atoms with E-state index in [2.05, 4.69) is 20.9 Å². The third-order valence-corrected chi connectivity index (χ3v) is 4.73. The van der Waals surface area contributed by atoms with Crippen molar-refractivity contribution in [3.05, 3.63) is 62.9 Å². The molecule has 2 N–H and O–H groups in total. The Kier molecular flexibility index (Phi) is 3.78. The Labute approximate surface area is 134 Å². The molecule has 0 fully saturated rings. The molecule has 0 aliphatic rings. The van der Waals surface area contributed by atoms with Gasteiger partial charge in [-0.05, 0) is 37.3 Å². The van der Waals surface area contributed by atoms with Gasteiger partial charge in [0, 0.05) is 14.8 Å². The number of pyridine rings is 1. The van der Waals surface area contributed by atoms with Gasteiger partial charge in [0.05, 0.1) is 5.52 Å². The van der Waals surface area contributed by atoms with Crippen LogP contribution in [0.3, 0.4) is 0 Å². The number of fused-ring (bicyclic) bond motifs is 1. The van der Waals surface area contributed by atoms with Crippen molar-refractivity contribution < 1.29 is 5.11 Å². The number of halogens is 1. The molecule has 0 amide bonds. The Bertz CT molecular complexity index is 872. The Balaban J connectivity index is 2.13. The molecule has 2 aromatic carbocycles. The molecule has 5 heteroatoms. The van der Waals surface area contributed by atoms with Gasteiger partial charge in [-0.3, -0.25) is 4.79 Å². The summed E-state index contributed by atoms with van der Waals surface area (Å²) in [5, 5.41) is 11.0. The van der Waals surface area contributed by atoms with Gasteiger partial charge in [-0.2, -0.15) is 0 Å². The van der Waals surface area contributed by atoms with Gasteiger partial charge >= 0.3 is 0 Å². The summed E-state index contributed by atoms with van der Waals surface area (Å²) in [6.45, 7) is 2.01. The quantitative estimate of drug-likeness (QED) is 0.708. The van der Waals surface area contributed by atoms with Gasteiger partial charge < -0.3 is 10.1 Å².